The zero-order valence-corrected chi connectivity index (χ0v) is 12.1. The quantitative estimate of drug-likeness (QED) is 0.821. The first-order chi connectivity index (χ1) is 9.01. The minimum Gasteiger partial charge on any atom is -0.477 e. The zero-order valence-electron chi connectivity index (χ0n) is 12.1. The summed E-state index contributed by atoms with van der Waals surface area (Å²) in [5.74, 6) is -0.356. The lowest BCUT2D eigenvalue weighted by molar-refractivity contribution is 0.0689. The van der Waals surface area contributed by atoms with Gasteiger partial charge in [-0.15, -0.1) is 5.10 Å². The van der Waals surface area contributed by atoms with E-state index in [4.69, 9.17) is 4.74 Å². The van der Waals surface area contributed by atoms with Crippen LogP contribution in [0.2, 0.25) is 0 Å². The smallest absolute Gasteiger partial charge is 0.341 e. The molecule has 0 saturated carbocycles. The van der Waals surface area contributed by atoms with Gasteiger partial charge >= 0.3 is 5.97 Å². The molecule has 0 spiro atoms. The maximum atomic E-state index is 11.4. The summed E-state index contributed by atoms with van der Waals surface area (Å²) in [5.41, 5.74) is 1.62. The molecule has 0 saturated heterocycles. The molecule has 0 bridgehead atoms. The highest BCUT2D eigenvalue weighted by molar-refractivity contribution is 5.92. The van der Waals surface area contributed by atoms with E-state index in [1.807, 2.05) is 13.8 Å². The lowest BCUT2D eigenvalue weighted by Crippen LogP contribution is -2.14. The summed E-state index contributed by atoms with van der Waals surface area (Å²) in [4.78, 5) is 11.4. The van der Waals surface area contributed by atoms with Crippen LogP contribution in [-0.4, -0.2) is 27.9 Å². The number of rotatable bonds is 7. The van der Waals surface area contributed by atoms with E-state index in [2.05, 4.69) is 24.0 Å². The van der Waals surface area contributed by atoms with Crippen molar-refractivity contribution in [2.45, 2.75) is 47.0 Å². The van der Waals surface area contributed by atoms with Crippen LogP contribution in [0, 0.1) is 5.92 Å². The SMILES string of the molecule is CCc1nnc(OCCC(C)C)c(C(=O)O)c1CC. The molecule has 1 N–H and O–H groups in total. The summed E-state index contributed by atoms with van der Waals surface area (Å²) in [5, 5.41) is 17.4. The standard InChI is InChI=1S/C14H22N2O3/c1-5-10-11(6-2)15-16-13(12(10)14(17)18)19-8-7-9(3)4/h9H,5-8H2,1-4H3,(H,17,18). The molecule has 0 aromatic carbocycles. The van der Waals surface area contributed by atoms with Gasteiger partial charge in [-0.25, -0.2) is 4.79 Å². The van der Waals surface area contributed by atoms with Crippen molar-refractivity contribution in [2.24, 2.45) is 5.92 Å². The van der Waals surface area contributed by atoms with Gasteiger partial charge in [0.2, 0.25) is 5.88 Å². The van der Waals surface area contributed by atoms with Crippen molar-refractivity contribution >= 4 is 5.97 Å². The van der Waals surface area contributed by atoms with E-state index in [1.165, 1.54) is 0 Å². The van der Waals surface area contributed by atoms with Crippen molar-refractivity contribution in [3.05, 3.63) is 16.8 Å². The van der Waals surface area contributed by atoms with Crippen molar-refractivity contribution in [3.63, 3.8) is 0 Å². The van der Waals surface area contributed by atoms with E-state index in [-0.39, 0.29) is 11.4 Å². The van der Waals surface area contributed by atoms with Gasteiger partial charge in [-0.3, -0.25) is 0 Å². The van der Waals surface area contributed by atoms with Crippen LogP contribution < -0.4 is 4.74 Å². The maximum absolute atomic E-state index is 11.4. The molecule has 0 aliphatic carbocycles. The zero-order chi connectivity index (χ0) is 14.4. The lowest BCUT2D eigenvalue weighted by Gasteiger charge is -2.13. The molecular weight excluding hydrogens is 244 g/mol. The molecule has 1 aromatic heterocycles. The fraction of sp³-hybridized carbons (Fsp3) is 0.643. The molecule has 0 fully saturated rings. The molecule has 0 aliphatic heterocycles. The van der Waals surface area contributed by atoms with Gasteiger partial charge in [0.15, 0.2) is 0 Å². The topological polar surface area (TPSA) is 72.3 Å². The lowest BCUT2D eigenvalue weighted by atomic mass is 10.0. The van der Waals surface area contributed by atoms with Crippen LogP contribution in [0.25, 0.3) is 0 Å². The van der Waals surface area contributed by atoms with Gasteiger partial charge < -0.3 is 9.84 Å². The first-order valence-corrected chi connectivity index (χ1v) is 6.75. The number of carbonyl (C=O) groups is 1. The molecule has 0 amide bonds. The Labute approximate surface area is 114 Å². The average Bonchev–Trinajstić information content (AvgIpc) is 2.37. The van der Waals surface area contributed by atoms with E-state index >= 15 is 0 Å². The third-order valence-electron chi connectivity index (χ3n) is 2.96. The van der Waals surface area contributed by atoms with E-state index in [0.29, 0.717) is 25.4 Å². The Morgan fingerprint density at radius 1 is 1.26 bits per heavy atom. The molecule has 0 radical (unpaired) electrons. The first kappa shape index (κ1) is 15.4. The Balaban J connectivity index is 3.06. The van der Waals surface area contributed by atoms with Crippen molar-refractivity contribution in [1.29, 1.82) is 0 Å². The fourth-order valence-electron chi connectivity index (χ4n) is 1.87. The Morgan fingerprint density at radius 2 is 1.95 bits per heavy atom. The van der Waals surface area contributed by atoms with E-state index in [9.17, 15) is 9.90 Å². The summed E-state index contributed by atoms with van der Waals surface area (Å²) in [6.07, 6.45) is 2.14. The molecule has 1 heterocycles. The maximum Gasteiger partial charge on any atom is 0.341 e. The van der Waals surface area contributed by atoms with Crippen LogP contribution in [0.15, 0.2) is 0 Å². The largest absolute Gasteiger partial charge is 0.477 e. The summed E-state index contributed by atoms with van der Waals surface area (Å²) in [7, 11) is 0. The number of carboxylic acids is 1. The first-order valence-electron chi connectivity index (χ1n) is 6.75. The van der Waals surface area contributed by atoms with Crippen molar-refractivity contribution in [2.75, 3.05) is 6.61 Å². The van der Waals surface area contributed by atoms with Gasteiger partial charge in [-0.2, -0.15) is 5.10 Å². The fourth-order valence-corrected chi connectivity index (χ4v) is 1.87. The third-order valence-corrected chi connectivity index (χ3v) is 2.96. The number of hydrogen-bond acceptors (Lipinski definition) is 4. The molecule has 106 valence electrons. The molecular formula is C14H22N2O3. The highest BCUT2D eigenvalue weighted by Gasteiger charge is 2.21. The van der Waals surface area contributed by atoms with Gasteiger partial charge in [0.05, 0.1) is 12.3 Å². The summed E-state index contributed by atoms with van der Waals surface area (Å²) in [6, 6.07) is 0. The van der Waals surface area contributed by atoms with Crippen molar-refractivity contribution in [3.8, 4) is 5.88 Å². The molecule has 0 unspecified atom stereocenters. The van der Waals surface area contributed by atoms with Crippen molar-refractivity contribution < 1.29 is 14.6 Å². The normalized spacial score (nSPS) is 10.8. The number of hydrogen-bond donors (Lipinski definition) is 1. The van der Waals surface area contributed by atoms with Crippen LogP contribution in [0.4, 0.5) is 0 Å². The number of nitrogens with zero attached hydrogens (tertiary/aromatic N) is 2. The van der Waals surface area contributed by atoms with Gasteiger partial charge in [0.1, 0.15) is 5.56 Å². The minimum atomic E-state index is -0.999. The van der Waals surface area contributed by atoms with Gasteiger partial charge in [-0.1, -0.05) is 27.7 Å². The highest BCUT2D eigenvalue weighted by Crippen LogP contribution is 2.23. The number of ether oxygens (including phenoxy) is 1. The monoisotopic (exact) mass is 266 g/mol. The molecule has 1 aromatic rings. The Kier molecular flexibility index (Phi) is 5.73. The van der Waals surface area contributed by atoms with E-state index in [0.717, 1.165) is 17.7 Å². The second kappa shape index (κ2) is 7.07. The Bertz CT molecular complexity index is 445. The summed E-state index contributed by atoms with van der Waals surface area (Å²) < 4.78 is 5.50. The van der Waals surface area contributed by atoms with Gasteiger partial charge in [0, 0.05) is 0 Å². The third kappa shape index (κ3) is 3.91. The van der Waals surface area contributed by atoms with Gasteiger partial charge in [-0.05, 0) is 30.7 Å². The minimum absolute atomic E-state index is 0.141. The number of aromatic carboxylic acids is 1. The second-order valence-electron chi connectivity index (χ2n) is 4.85. The average molecular weight is 266 g/mol. The molecule has 5 heteroatoms. The molecule has 0 aliphatic rings. The summed E-state index contributed by atoms with van der Waals surface area (Å²) in [6.45, 7) is 8.49. The predicted octanol–water partition coefficient (Wildman–Crippen LogP) is 2.72. The number of aryl methyl sites for hydroxylation is 1. The number of carboxylic acid groups (broad SMARTS) is 1. The molecule has 0 atom stereocenters. The predicted molar refractivity (Wildman–Crippen MR) is 72.7 cm³/mol. The highest BCUT2D eigenvalue weighted by atomic mass is 16.5. The Hall–Kier alpha value is -1.65. The van der Waals surface area contributed by atoms with E-state index < -0.39 is 5.97 Å². The van der Waals surface area contributed by atoms with Crippen molar-refractivity contribution in [1.82, 2.24) is 10.2 Å². The van der Waals surface area contributed by atoms with Crippen LogP contribution in [-0.2, 0) is 12.8 Å². The molecule has 19 heavy (non-hydrogen) atoms. The van der Waals surface area contributed by atoms with Crippen LogP contribution in [0.3, 0.4) is 0 Å². The molecule has 5 nitrogen and oxygen atoms in total. The number of aromatic nitrogens is 2. The Morgan fingerprint density at radius 3 is 2.42 bits per heavy atom. The van der Waals surface area contributed by atoms with Crippen LogP contribution in [0.1, 0.15) is 55.7 Å². The summed E-state index contributed by atoms with van der Waals surface area (Å²) >= 11 is 0. The van der Waals surface area contributed by atoms with Crippen LogP contribution >= 0.6 is 0 Å². The van der Waals surface area contributed by atoms with Gasteiger partial charge in [0.25, 0.3) is 0 Å². The van der Waals surface area contributed by atoms with E-state index in [1.54, 1.807) is 0 Å². The second-order valence-corrected chi connectivity index (χ2v) is 4.85. The molecule has 1 rings (SSSR count). The van der Waals surface area contributed by atoms with Crippen LogP contribution in [0.5, 0.6) is 5.88 Å².